The van der Waals surface area contributed by atoms with Crippen molar-refractivity contribution in [1.29, 1.82) is 0 Å². The first kappa shape index (κ1) is 12.3. The van der Waals surface area contributed by atoms with E-state index in [1.807, 2.05) is 30.6 Å². The van der Waals surface area contributed by atoms with Crippen molar-refractivity contribution in [2.75, 3.05) is 18.0 Å². The zero-order valence-electron chi connectivity index (χ0n) is 11.2. The van der Waals surface area contributed by atoms with E-state index in [1.54, 1.807) is 17.4 Å². The minimum absolute atomic E-state index is 0.267. The summed E-state index contributed by atoms with van der Waals surface area (Å²) in [6.45, 7) is 1.78. The Hall–Kier alpha value is -2.40. The van der Waals surface area contributed by atoms with Gasteiger partial charge in [-0.05, 0) is 30.3 Å². The van der Waals surface area contributed by atoms with Crippen LogP contribution in [0, 0.1) is 0 Å². The summed E-state index contributed by atoms with van der Waals surface area (Å²) < 4.78 is 1.12. The second-order valence-electron chi connectivity index (χ2n) is 4.90. The van der Waals surface area contributed by atoms with Crippen LogP contribution in [0.25, 0.3) is 20.8 Å². The van der Waals surface area contributed by atoms with Crippen molar-refractivity contribution in [2.24, 2.45) is 4.99 Å². The van der Waals surface area contributed by atoms with E-state index in [2.05, 4.69) is 27.0 Å². The maximum absolute atomic E-state index is 9.96. The first-order valence-electron chi connectivity index (χ1n) is 6.77. The van der Waals surface area contributed by atoms with E-state index in [1.165, 1.54) is 0 Å². The average molecular weight is 295 g/mol. The van der Waals surface area contributed by atoms with Gasteiger partial charge in [0, 0.05) is 12.2 Å². The molecule has 21 heavy (non-hydrogen) atoms. The molecule has 1 N–H and O–H groups in total. The lowest BCUT2D eigenvalue weighted by molar-refractivity contribution is 0.477. The molecule has 0 atom stereocenters. The molecule has 0 amide bonds. The van der Waals surface area contributed by atoms with E-state index in [-0.39, 0.29) is 5.75 Å². The van der Waals surface area contributed by atoms with Gasteiger partial charge in [0.25, 0.3) is 0 Å². The third kappa shape index (κ3) is 2.15. The number of phenolic OH excluding ortho intramolecular Hbond substituents is 1. The number of benzene rings is 2. The lowest BCUT2D eigenvalue weighted by Crippen LogP contribution is -2.17. The normalized spacial score (nSPS) is 14.2. The van der Waals surface area contributed by atoms with E-state index in [0.717, 1.165) is 39.6 Å². The lowest BCUT2D eigenvalue weighted by atomic mass is 10.2. The maximum atomic E-state index is 9.96. The predicted octanol–water partition coefficient (Wildman–Crippen LogP) is 3.52. The molecule has 0 saturated carbocycles. The molecule has 4 rings (SSSR count). The Balaban J connectivity index is 1.79. The number of para-hydroxylation sites is 1. The van der Waals surface area contributed by atoms with Gasteiger partial charge in [-0.2, -0.15) is 0 Å². The summed E-state index contributed by atoms with van der Waals surface area (Å²) >= 11 is 1.60. The second-order valence-corrected chi connectivity index (χ2v) is 5.93. The van der Waals surface area contributed by atoms with Gasteiger partial charge in [0.15, 0.2) is 0 Å². The molecule has 0 unspecified atom stereocenters. The molecule has 0 aliphatic carbocycles. The van der Waals surface area contributed by atoms with Crippen molar-refractivity contribution in [3.63, 3.8) is 0 Å². The first-order valence-corrected chi connectivity index (χ1v) is 7.58. The minimum atomic E-state index is 0.267. The van der Waals surface area contributed by atoms with Crippen molar-refractivity contribution >= 4 is 33.6 Å². The number of fused-ring (bicyclic) bond motifs is 1. The fourth-order valence-corrected chi connectivity index (χ4v) is 3.47. The van der Waals surface area contributed by atoms with Gasteiger partial charge < -0.3 is 10.0 Å². The third-order valence-electron chi connectivity index (χ3n) is 3.53. The van der Waals surface area contributed by atoms with Crippen LogP contribution in [0.1, 0.15) is 0 Å². The van der Waals surface area contributed by atoms with E-state index in [9.17, 15) is 5.11 Å². The Bertz CT molecular complexity index is 840. The molecular weight excluding hydrogens is 282 g/mol. The van der Waals surface area contributed by atoms with Gasteiger partial charge in [0.2, 0.25) is 0 Å². The van der Waals surface area contributed by atoms with Gasteiger partial charge in [-0.3, -0.25) is 4.99 Å². The molecule has 0 spiro atoms. The number of aromatic nitrogens is 1. The van der Waals surface area contributed by atoms with Crippen LogP contribution in [0.15, 0.2) is 47.5 Å². The molecule has 1 aliphatic heterocycles. The SMILES string of the molecule is Oc1ccccc1-c1nc2ccc(N3C=NCC3)cc2s1. The van der Waals surface area contributed by atoms with Gasteiger partial charge in [-0.25, -0.2) is 4.98 Å². The fourth-order valence-electron chi connectivity index (χ4n) is 2.44. The number of thiazole rings is 1. The quantitative estimate of drug-likeness (QED) is 0.787. The second kappa shape index (κ2) is 4.86. The molecule has 4 nitrogen and oxygen atoms in total. The average Bonchev–Trinajstić information content (AvgIpc) is 3.16. The number of hydrogen-bond donors (Lipinski definition) is 1. The van der Waals surface area contributed by atoms with Crippen molar-refractivity contribution in [1.82, 2.24) is 4.98 Å². The molecule has 104 valence electrons. The molecule has 5 heteroatoms. The number of anilines is 1. The van der Waals surface area contributed by atoms with E-state index >= 15 is 0 Å². The molecule has 1 aromatic heterocycles. The van der Waals surface area contributed by atoms with Gasteiger partial charge in [-0.1, -0.05) is 12.1 Å². The van der Waals surface area contributed by atoms with Crippen molar-refractivity contribution in [3.05, 3.63) is 42.5 Å². The Morgan fingerprint density at radius 2 is 2.05 bits per heavy atom. The first-order chi connectivity index (χ1) is 10.3. The monoisotopic (exact) mass is 295 g/mol. The zero-order valence-corrected chi connectivity index (χ0v) is 12.0. The molecule has 2 aromatic carbocycles. The van der Waals surface area contributed by atoms with Gasteiger partial charge in [0.1, 0.15) is 10.8 Å². The summed E-state index contributed by atoms with van der Waals surface area (Å²) in [5, 5.41) is 10.8. The Kier molecular flexibility index (Phi) is 2.86. The summed E-state index contributed by atoms with van der Waals surface area (Å²) in [4.78, 5) is 11.0. The number of nitrogens with zero attached hydrogens (tertiary/aromatic N) is 3. The lowest BCUT2D eigenvalue weighted by Gasteiger charge is -2.13. The topological polar surface area (TPSA) is 48.7 Å². The highest BCUT2D eigenvalue weighted by Gasteiger charge is 2.13. The third-order valence-corrected chi connectivity index (χ3v) is 4.58. The number of hydrogen-bond acceptors (Lipinski definition) is 5. The predicted molar refractivity (Wildman–Crippen MR) is 87.4 cm³/mol. The summed E-state index contributed by atoms with van der Waals surface area (Å²) in [7, 11) is 0. The van der Waals surface area contributed by atoms with Crippen LogP contribution in [-0.2, 0) is 0 Å². The number of rotatable bonds is 2. The van der Waals surface area contributed by atoms with Crippen molar-refractivity contribution in [2.45, 2.75) is 0 Å². The van der Waals surface area contributed by atoms with Gasteiger partial charge >= 0.3 is 0 Å². The van der Waals surface area contributed by atoms with Gasteiger partial charge in [0.05, 0.1) is 28.7 Å². The van der Waals surface area contributed by atoms with E-state index in [0.29, 0.717) is 0 Å². The Morgan fingerprint density at radius 3 is 2.86 bits per heavy atom. The molecule has 0 bridgehead atoms. The standard InChI is InChI=1S/C16H13N3OS/c20-14-4-2-1-3-12(14)16-18-13-6-5-11(9-15(13)21-16)19-8-7-17-10-19/h1-6,9-10,20H,7-8H2. The smallest absolute Gasteiger partial charge is 0.128 e. The maximum Gasteiger partial charge on any atom is 0.128 e. The molecule has 1 aliphatic rings. The van der Waals surface area contributed by atoms with Crippen LogP contribution in [0.2, 0.25) is 0 Å². The van der Waals surface area contributed by atoms with Crippen LogP contribution in [0.3, 0.4) is 0 Å². The van der Waals surface area contributed by atoms with Crippen molar-refractivity contribution in [3.8, 4) is 16.3 Å². The zero-order chi connectivity index (χ0) is 14.2. The van der Waals surface area contributed by atoms with Crippen LogP contribution in [0.5, 0.6) is 5.75 Å². The highest BCUT2D eigenvalue weighted by Crippen LogP contribution is 2.36. The summed E-state index contributed by atoms with van der Waals surface area (Å²) in [6, 6.07) is 13.5. The molecule has 3 aromatic rings. The number of aromatic hydroxyl groups is 1. The minimum Gasteiger partial charge on any atom is -0.507 e. The summed E-state index contributed by atoms with van der Waals surface area (Å²) in [5.41, 5.74) is 2.87. The highest BCUT2D eigenvalue weighted by atomic mass is 32.1. The van der Waals surface area contributed by atoms with Crippen molar-refractivity contribution < 1.29 is 5.11 Å². The number of phenols is 1. The summed E-state index contributed by atoms with van der Waals surface area (Å²) in [6.07, 6.45) is 1.88. The molecular formula is C16H13N3OS. The van der Waals surface area contributed by atoms with E-state index in [4.69, 9.17) is 0 Å². The molecule has 0 radical (unpaired) electrons. The van der Waals surface area contributed by atoms with Gasteiger partial charge in [-0.15, -0.1) is 11.3 Å². The Labute approximate surface area is 126 Å². The molecule has 0 saturated heterocycles. The van der Waals surface area contributed by atoms with E-state index < -0.39 is 0 Å². The molecule has 2 heterocycles. The largest absolute Gasteiger partial charge is 0.507 e. The number of aliphatic imine (C=N–C) groups is 1. The van der Waals surface area contributed by atoms with Crippen LogP contribution in [0.4, 0.5) is 5.69 Å². The molecule has 0 fully saturated rings. The fraction of sp³-hybridized carbons (Fsp3) is 0.125. The van der Waals surface area contributed by atoms with Crippen LogP contribution in [-0.4, -0.2) is 29.5 Å². The van der Waals surface area contributed by atoms with Crippen LogP contribution < -0.4 is 4.90 Å². The Morgan fingerprint density at radius 1 is 1.14 bits per heavy atom. The highest BCUT2D eigenvalue weighted by molar-refractivity contribution is 7.21. The van der Waals surface area contributed by atoms with Crippen LogP contribution >= 0.6 is 11.3 Å². The summed E-state index contributed by atoms with van der Waals surface area (Å²) in [5.74, 6) is 0.267.